The third-order valence-electron chi connectivity index (χ3n) is 5.65. The highest BCUT2D eigenvalue weighted by Gasteiger charge is 2.41. The number of rotatable bonds is 5. The molecule has 2 aromatic rings. The van der Waals surface area contributed by atoms with Crippen LogP contribution in [0.15, 0.2) is 45.1 Å². The quantitative estimate of drug-likeness (QED) is 0.760. The van der Waals surface area contributed by atoms with Crippen LogP contribution in [0.25, 0.3) is 0 Å². The molecule has 7 nitrogen and oxygen atoms in total. The normalized spacial score (nSPS) is 17.8. The van der Waals surface area contributed by atoms with Crippen LogP contribution in [-0.2, 0) is 16.1 Å². The molecule has 1 aromatic heterocycles. The molecule has 0 bridgehead atoms. The lowest BCUT2D eigenvalue weighted by molar-refractivity contribution is -0.136. The average Bonchev–Trinajstić information content (AvgIpc) is 3.07. The highest BCUT2D eigenvalue weighted by Crippen LogP contribution is 2.42. The lowest BCUT2D eigenvalue weighted by Crippen LogP contribution is -2.38. The molecule has 1 atom stereocenters. The summed E-state index contributed by atoms with van der Waals surface area (Å²) in [6.07, 6.45) is 1.71. The van der Waals surface area contributed by atoms with Gasteiger partial charge in [-0.05, 0) is 23.5 Å². The Labute approximate surface area is 168 Å². The molecular formula is C22H25N3O4. The molecule has 29 heavy (non-hydrogen) atoms. The first-order valence-corrected chi connectivity index (χ1v) is 10.1. The van der Waals surface area contributed by atoms with Gasteiger partial charge in [-0.1, -0.05) is 51.5 Å². The van der Waals surface area contributed by atoms with Crippen molar-refractivity contribution in [2.24, 2.45) is 0 Å². The van der Waals surface area contributed by atoms with E-state index in [1.54, 1.807) is 4.57 Å². The van der Waals surface area contributed by atoms with E-state index < -0.39 is 23.1 Å². The van der Waals surface area contributed by atoms with E-state index >= 15 is 0 Å². The van der Waals surface area contributed by atoms with Crippen molar-refractivity contribution in [2.45, 2.75) is 52.0 Å². The van der Waals surface area contributed by atoms with Crippen LogP contribution < -0.4 is 16.6 Å². The first-order chi connectivity index (χ1) is 13.9. The van der Waals surface area contributed by atoms with Crippen molar-refractivity contribution in [1.29, 1.82) is 0 Å². The number of esters is 1. The second-order valence-electron chi connectivity index (χ2n) is 7.87. The SMILES string of the molecule is CCCCn1c2c(c(=O)[nH]c1=O)[C@H](c1ccc(C(C)C)cc1)C1=C(COC1=O)N2. The summed E-state index contributed by atoms with van der Waals surface area (Å²) in [5.41, 5.74) is 2.53. The summed E-state index contributed by atoms with van der Waals surface area (Å²) in [5.74, 6) is -0.170. The predicted molar refractivity (Wildman–Crippen MR) is 110 cm³/mol. The summed E-state index contributed by atoms with van der Waals surface area (Å²) in [6, 6.07) is 7.94. The number of aromatic nitrogens is 2. The molecule has 0 spiro atoms. The number of hydrogen-bond acceptors (Lipinski definition) is 5. The van der Waals surface area contributed by atoms with Gasteiger partial charge in [-0.3, -0.25) is 14.3 Å². The molecule has 2 N–H and O–H groups in total. The van der Waals surface area contributed by atoms with Crippen LogP contribution in [0.1, 0.15) is 62.1 Å². The van der Waals surface area contributed by atoms with Crippen molar-refractivity contribution in [2.75, 3.05) is 11.9 Å². The van der Waals surface area contributed by atoms with E-state index in [1.165, 1.54) is 5.56 Å². The van der Waals surface area contributed by atoms with Gasteiger partial charge in [0, 0.05) is 6.54 Å². The zero-order valence-corrected chi connectivity index (χ0v) is 16.9. The monoisotopic (exact) mass is 395 g/mol. The number of benzene rings is 1. The number of carbonyl (C=O) groups excluding carboxylic acids is 1. The van der Waals surface area contributed by atoms with Gasteiger partial charge in [0.1, 0.15) is 12.4 Å². The number of anilines is 1. The van der Waals surface area contributed by atoms with Gasteiger partial charge in [0.2, 0.25) is 0 Å². The zero-order chi connectivity index (χ0) is 20.7. The van der Waals surface area contributed by atoms with Gasteiger partial charge in [-0.25, -0.2) is 9.59 Å². The summed E-state index contributed by atoms with van der Waals surface area (Å²) in [6.45, 7) is 6.86. The molecule has 0 amide bonds. The molecule has 7 heteroatoms. The first-order valence-electron chi connectivity index (χ1n) is 10.1. The number of unbranched alkanes of at least 4 members (excludes halogenated alkanes) is 1. The first kappa shape index (κ1) is 19.2. The van der Waals surface area contributed by atoms with E-state index in [4.69, 9.17) is 4.74 Å². The lowest BCUT2D eigenvalue weighted by Gasteiger charge is -2.28. The maximum Gasteiger partial charge on any atom is 0.337 e. The number of hydrogen-bond donors (Lipinski definition) is 2. The molecule has 0 unspecified atom stereocenters. The summed E-state index contributed by atoms with van der Waals surface area (Å²) < 4.78 is 6.82. The van der Waals surface area contributed by atoms with Crippen LogP contribution in [0.2, 0.25) is 0 Å². The molecule has 152 valence electrons. The maximum absolute atomic E-state index is 12.9. The summed E-state index contributed by atoms with van der Waals surface area (Å²) in [4.78, 5) is 40.3. The molecule has 2 aliphatic heterocycles. The van der Waals surface area contributed by atoms with Crippen LogP contribution in [-0.4, -0.2) is 22.1 Å². The molecule has 0 aliphatic carbocycles. The van der Waals surface area contributed by atoms with Crippen molar-refractivity contribution in [3.8, 4) is 0 Å². The Morgan fingerprint density at radius 2 is 1.90 bits per heavy atom. The standard InChI is InChI=1S/C22H25N3O4/c1-4-5-10-25-19-18(20(26)24-22(25)28)16(17-15(23-19)11-29-21(17)27)14-8-6-13(7-9-14)12(2)3/h6-9,12,16,23H,4-5,10-11H2,1-3H3,(H,24,26,28)/t16-/m1/s1. The summed E-state index contributed by atoms with van der Waals surface area (Å²) in [7, 11) is 0. The molecule has 2 aliphatic rings. The minimum absolute atomic E-state index is 0.114. The van der Waals surface area contributed by atoms with Crippen LogP contribution in [0.4, 0.5) is 5.82 Å². The number of cyclic esters (lactones) is 1. The van der Waals surface area contributed by atoms with E-state index in [2.05, 4.69) is 24.1 Å². The van der Waals surface area contributed by atoms with Crippen molar-refractivity contribution in [3.63, 3.8) is 0 Å². The molecule has 0 saturated heterocycles. The zero-order valence-electron chi connectivity index (χ0n) is 16.9. The smallest absolute Gasteiger partial charge is 0.337 e. The fraction of sp³-hybridized carbons (Fsp3) is 0.409. The van der Waals surface area contributed by atoms with Gasteiger partial charge < -0.3 is 10.1 Å². The average molecular weight is 395 g/mol. The molecule has 0 saturated carbocycles. The maximum atomic E-state index is 12.9. The van der Waals surface area contributed by atoms with Gasteiger partial charge in [-0.15, -0.1) is 0 Å². The van der Waals surface area contributed by atoms with Crippen LogP contribution in [0.3, 0.4) is 0 Å². The number of carbonyl (C=O) groups is 1. The predicted octanol–water partition coefficient (Wildman–Crippen LogP) is 2.83. The summed E-state index contributed by atoms with van der Waals surface area (Å²) >= 11 is 0. The highest BCUT2D eigenvalue weighted by molar-refractivity contribution is 5.96. The minimum atomic E-state index is -0.574. The fourth-order valence-corrected chi connectivity index (χ4v) is 4.02. The molecule has 0 radical (unpaired) electrons. The van der Waals surface area contributed by atoms with Crippen molar-refractivity contribution in [3.05, 3.63) is 73.1 Å². The Kier molecular flexibility index (Phi) is 4.90. The van der Waals surface area contributed by atoms with Crippen molar-refractivity contribution < 1.29 is 9.53 Å². The van der Waals surface area contributed by atoms with Crippen LogP contribution in [0.5, 0.6) is 0 Å². The topological polar surface area (TPSA) is 93.2 Å². The highest BCUT2D eigenvalue weighted by atomic mass is 16.5. The minimum Gasteiger partial charge on any atom is -0.456 e. The molecule has 1 aromatic carbocycles. The Hall–Kier alpha value is -3.09. The van der Waals surface area contributed by atoms with Crippen LogP contribution in [0, 0.1) is 0 Å². The molecule has 3 heterocycles. The largest absolute Gasteiger partial charge is 0.456 e. The number of H-pyrrole nitrogens is 1. The second-order valence-corrected chi connectivity index (χ2v) is 7.87. The molecular weight excluding hydrogens is 370 g/mol. The number of nitrogens with one attached hydrogen (secondary N) is 2. The van der Waals surface area contributed by atoms with E-state index in [0.29, 0.717) is 35.1 Å². The molecule has 4 rings (SSSR count). The Bertz CT molecular complexity index is 1110. The van der Waals surface area contributed by atoms with E-state index in [9.17, 15) is 14.4 Å². The number of fused-ring (bicyclic) bond motifs is 1. The van der Waals surface area contributed by atoms with Gasteiger partial charge in [-0.2, -0.15) is 0 Å². The second kappa shape index (κ2) is 7.39. The fourth-order valence-electron chi connectivity index (χ4n) is 4.02. The van der Waals surface area contributed by atoms with Gasteiger partial charge >= 0.3 is 11.7 Å². The Morgan fingerprint density at radius 1 is 1.17 bits per heavy atom. The Balaban J connectivity index is 1.94. The summed E-state index contributed by atoms with van der Waals surface area (Å²) in [5, 5.41) is 3.15. The van der Waals surface area contributed by atoms with Crippen LogP contribution >= 0.6 is 0 Å². The third-order valence-corrected chi connectivity index (χ3v) is 5.65. The van der Waals surface area contributed by atoms with Gasteiger partial charge in [0.15, 0.2) is 0 Å². The van der Waals surface area contributed by atoms with E-state index in [1.807, 2.05) is 31.2 Å². The number of aromatic amines is 1. The van der Waals surface area contributed by atoms with Gasteiger partial charge in [0.05, 0.1) is 22.8 Å². The number of nitrogens with zero attached hydrogens (tertiary/aromatic N) is 1. The van der Waals surface area contributed by atoms with Crippen molar-refractivity contribution in [1.82, 2.24) is 9.55 Å². The molecule has 0 fully saturated rings. The Morgan fingerprint density at radius 3 is 2.55 bits per heavy atom. The van der Waals surface area contributed by atoms with E-state index in [0.717, 1.165) is 18.4 Å². The van der Waals surface area contributed by atoms with Crippen molar-refractivity contribution >= 4 is 11.8 Å². The third kappa shape index (κ3) is 3.20. The lowest BCUT2D eigenvalue weighted by atomic mass is 9.82. The van der Waals surface area contributed by atoms with E-state index in [-0.39, 0.29) is 6.61 Å². The number of ether oxygens (including phenoxy) is 1. The van der Waals surface area contributed by atoms with Gasteiger partial charge in [0.25, 0.3) is 5.56 Å².